The van der Waals surface area contributed by atoms with E-state index in [2.05, 4.69) is 24.5 Å². The van der Waals surface area contributed by atoms with Gasteiger partial charge in [0.25, 0.3) is 0 Å². The lowest BCUT2D eigenvalue weighted by Crippen LogP contribution is -2.68. The number of carbonyl (C=O) groups is 2. The molecule has 0 aromatic heterocycles. The van der Waals surface area contributed by atoms with Crippen molar-refractivity contribution < 1.29 is 19.4 Å². The predicted molar refractivity (Wildman–Crippen MR) is 80.5 cm³/mol. The minimum atomic E-state index is -0.716. The molecule has 6 nitrogen and oxygen atoms in total. The number of carboxylic acid groups (broad SMARTS) is 1. The van der Waals surface area contributed by atoms with Crippen molar-refractivity contribution in [2.75, 3.05) is 6.61 Å². The van der Waals surface area contributed by atoms with Crippen LogP contribution in [-0.2, 0) is 9.53 Å². The van der Waals surface area contributed by atoms with E-state index < -0.39 is 5.97 Å². The number of amides is 2. The molecule has 1 heterocycles. The largest absolute Gasteiger partial charge is 0.481 e. The van der Waals surface area contributed by atoms with Crippen molar-refractivity contribution in [3.05, 3.63) is 0 Å². The average molecular weight is 310 g/mol. The number of carboxylic acids is 1. The van der Waals surface area contributed by atoms with Crippen molar-refractivity contribution >= 4 is 12.0 Å². The number of aliphatic carboxylic acids is 1. The standard InChI is InChI=1S/C16H26N2O4/c1-16(2)12(11-7-8-22-13(11)16)18-15(21)17-10-5-3-9(4-6-10)14(19)20/h9-13H,3-8H2,1-2H3,(H,19,20)(H2,17,18,21). The maximum atomic E-state index is 12.2. The van der Waals surface area contributed by atoms with Gasteiger partial charge in [-0.05, 0) is 32.1 Å². The van der Waals surface area contributed by atoms with Crippen LogP contribution in [0.5, 0.6) is 0 Å². The highest BCUT2D eigenvalue weighted by Gasteiger charge is 2.59. The molecular formula is C16H26N2O4. The zero-order chi connectivity index (χ0) is 15.9. The van der Waals surface area contributed by atoms with E-state index in [1.165, 1.54) is 0 Å². The van der Waals surface area contributed by atoms with Gasteiger partial charge in [-0.25, -0.2) is 4.79 Å². The van der Waals surface area contributed by atoms with E-state index >= 15 is 0 Å². The Morgan fingerprint density at radius 1 is 1.09 bits per heavy atom. The summed E-state index contributed by atoms with van der Waals surface area (Å²) in [4.78, 5) is 23.2. The van der Waals surface area contributed by atoms with Gasteiger partial charge in [-0.3, -0.25) is 4.79 Å². The van der Waals surface area contributed by atoms with Crippen LogP contribution in [0.4, 0.5) is 4.79 Å². The highest BCUT2D eigenvalue weighted by Crippen LogP contribution is 2.52. The molecule has 3 fully saturated rings. The second-order valence-electron chi connectivity index (χ2n) is 7.55. The fourth-order valence-electron chi connectivity index (χ4n) is 4.47. The lowest BCUT2D eigenvalue weighted by molar-refractivity contribution is -0.142. The summed E-state index contributed by atoms with van der Waals surface area (Å²) < 4.78 is 5.74. The Labute approximate surface area is 131 Å². The average Bonchev–Trinajstić information content (AvgIpc) is 2.92. The molecule has 3 rings (SSSR count). The SMILES string of the molecule is CC1(C)C(NC(=O)NC2CCC(C(=O)O)CC2)C2CCOC21. The Morgan fingerprint density at radius 2 is 1.77 bits per heavy atom. The van der Waals surface area contributed by atoms with Gasteiger partial charge in [0.15, 0.2) is 0 Å². The molecule has 2 amide bonds. The molecule has 2 saturated carbocycles. The first kappa shape index (κ1) is 15.6. The monoisotopic (exact) mass is 310 g/mol. The second kappa shape index (κ2) is 5.72. The van der Waals surface area contributed by atoms with Gasteiger partial charge in [-0.2, -0.15) is 0 Å². The van der Waals surface area contributed by atoms with Crippen LogP contribution in [0.2, 0.25) is 0 Å². The van der Waals surface area contributed by atoms with Gasteiger partial charge >= 0.3 is 12.0 Å². The molecule has 0 aromatic carbocycles. The third-order valence-electron chi connectivity index (χ3n) is 5.80. The number of hydrogen-bond donors (Lipinski definition) is 3. The number of nitrogens with one attached hydrogen (secondary N) is 2. The van der Waals surface area contributed by atoms with E-state index in [0.29, 0.717) is 18.8 Å². The smallest absolute Gasteiger partial charge is 0.315 e. The first-order valence-electron chi connectivity index (χ1n) is 8.31. The summed E-state index contributed by atoms with van der Waals surface area (Å²) in [5.74, 6) is -0.530. The Bertz CT molecular complexity index is 457. The topological polar surface area (TPSA) is 87.7 Å². The second-order valence-corrected chi connectivity index (χ2v) is 7.55. The Morgan fingerprint density at radius 3 is 2.41 bits per heavy atom. The number of fused-ring (bicyclic) bond motifs is 1. The van der Waals surface area contributed by atoms with Crippen LogP contribution in [0, 0.1) is 17.3 Å². The van der Waals surface area contributed by atoms with E-state index in [4.69, 9.17) is 9.84 Å². The molecule has 1 saturated heterocycles. The summed E-state index contributed by atoms with van der Waals surface area (Å²) in [6.07, 6.45) is 4.06. The van der Waals surface area contributed by atoms with Crippen LogP contribution in [0.25, 0.3) is 0 Å². The minimum absolute atomic E-state index is 0.0144. The lowest BCUT2D eigenvalue weighted by atomic mass is 9.57. The van der Waals surface area contributed by atoms with Crippen LogP contribution in [-0.4, -0.2) is 41.9 Å². The Balaban J connectivity index is 1.46. The Hall–Kier alpha value is -1.30. The van der Waals surface area contributed by atoms with Gasteiger partial charge in [0.05, 0.1) is 12.0 Å². The molecule has 22 heavy (non-hydrogen) atoms. The van der Waals surface area contributed by atoms with Crippen molar-refractivity contribution in [2.24, 2.45) is 17.3 Å². The summed E-state index contributed by atoms with van der Waals surface area (Å²) in [7, 11) is 0. The van der Waals surface area contributed by atoms with Crippen LogP contribution in [0.15, 0.2) is 0 Å². The van der Waals surface area contributed by atoms with Gasteiger partial charge in [0.1, 0.15) is 0 Å². The third-order valence-corrected chi connectivity index (χ3v) is 5.80. The zero-order valence-electron chi connectivity index (χ0n) is 13.3. The van der Waals surface area contributed by atoms with Gasteiger partial charge in [-0.1, -0.05) is 13.8 Å². The molecular weight excluding hydrogens is 284 g/mol. The highest BCUT2D eigenvalue weighted by atomic mass is 16.5. The van der Waals surface area contributed by atoms with Gasteiger partial charge in [0.2, 0.25) is 0 Å². The summed E-state index contributed by atoms with van der Waals surface area (Å²) in [6, 6.07) is 0.131. The van der Waals surface area contributed by atoms with E-state index in [-0.39, 0.29) is 35.6 Å². The van der Waals surface area contributed by atoms with Gasteiger partial charge in [0, 0.05) is 30.0 Å². The van der Waals surface area contributed by atoms with Crippen LogP contribution < -0.4 is 10.6 Å². The van der Waals surface area contributed by atoms with Gasteiger partial charge < -0.3 is 20.5 Å². The summed E-state index contributed by atoms with van der Waals surface area (Å²) in [5.41, 5.74) is -0.0144. The first-order valence-corrected chi connectivity index (χ1v) is 8.31. The Kier molecular flexibility index (Phi) is 4.05. The minimum Gasteiger partial charge on any atom is -0.481 e. The molecule has 3 aliphatic rings. The summed E-state index contributed by atoms with van der Waals surface area (Å²) in [6.45, 7) is 5.07. The van der Waals surface area contributed by atoms with E-state index in [1.807, 2.05) is 0 Å². The lowest BCUT2D eigenvalue weighted by Gasteiger charge is -2.54. The van der Waals surface area contributed by atoms with Crippen molar-refractivity contribution in [3.8, 4) is 0 Å². The van der Waals surface area contributed by atoms with Crippen molar-refractivity contribution in [2.45, 2.75) is 64.1 Å². The van der Waals surface area contributed by atoms with Crippen molar-refractivity contribution in [1.82, 2.24) is 10.6 Å². The molecule has 0 radical (unpaired) electrons. The molecule has 0 bridgehead atoms. The number of rotatable bonds is 3. The molecule has 2 aliphatic carbocycles. The first-order chi connectivity index (χ1) is 10.4. The summed E-state index contributed by atoms with van der Waals surface area (Å²) >= 11 is 0. The van der Waals surface area contributed by atoms with Crippen molar-refractivity contribution in [3.63, 3.8) is 0 Å². The molecule has 0 aromatic rings. The van der Waals surface area contributed by atoms with Crippen LogP contribution in [0.1, 0.15) is 46.0 Å². The molecule has 3 unspecified atom stereocenters. The zero-order valence-corrected chi connectivity index (χ0v) is 13.3. The molecule has 3 N–H and O–H groups in total. The van der Waals surface area contributed by atoms with E-state index in [1.54, 1.807) is 0 Å². The van der Waals surface area contributed by atoms with Gasteiger partial charge in [-0.15, -0.1) is 0 Å². The molecule has 1 aliphatic heterocycles. The number of ether oxygens (including phenoxy) is 1. The number of hydrogen-bond acceptors (Lipinski definition) is 3. The van der Waals surface area contributed by atoms with Crippen LogP contribution >= 0.6 is 0 Å². The normalized spacial score (nSPS) is 39.5. The third kappa shape index (κ3) is 2.69. The fraction of sp³-hybridized carbons (Fsp3) is 0.875. The summed E-state index contributed by atoms with van der Waals surface area (Å²) in [5, 5.41) is 15.1. The maximum Gasteiger partial charge on any atom is 0.315 e. The maximum absolute atomic E-state index is 12.2. The van der Waals surface area contributed by atoms with E-state index in [0.717, 1.165) is 25.9 Å². The number of urea groups is 1. The molecule has 124 valence electrons. The molecule has 0 spiro atoms. The number of carbonyl (C=O) groups excluding carboxylic acids is 1. The fourth-order valence-corrected chi connectivity index (χ4v) is 4.47. The van der Waals surface area contributed by atoms with Crippen molar-refractivity contribution in [1.29, 1.82) is 0 Å². The molecule has 3 atom stereocenters. The highest BCUT2D eigenvalue weighted by molar-refractivity contribution is 5.75. The molecule has 6 heteroatoms. The predicted octanol–water partition coefficient (Wildman–Crippen LogP) is 1.74. The quantitative estimate of drug-likeness (QED) is 0.741. The van der Waals surface area contributed by atoms with Crippen LogP contribution in [0.3, 0.4) is 0 Å². The van der Waals surface area contributed by atoms with E-state index in [9.17, 15) is 9.59 Å².